The fourth-order valence-corrected chi connectivity index (χ4v) is 4.12. The van der Waals surface area contributed by atoms with Crippen LogP contribution in [-0.2, 0) is 7.05 Å². The van der Waals surface area contributed by atoms with Gasteiger partial charge in [-0.3, -0.25) is 14.2 Å². The second kappa shape index (κ2) is 6.47. The lowest BCUT2D eigenvalue weighted by atomic mass is 10.1. The van der Waals surface area contributed by atoms with E-state index in [0.717, 1.165) is 0 Å². The quantitative estimate of drug-likeness (QED) is 0.398. The summed E-state index contributed by atoms with van der Waals surface area (Å²) >= 11 is 8.63. The molecule has 3 aromatic rings. The fraction of sp³-hybridized carbons (Fsp3) is 0.188. The zero-order chi connectivity index (χ0) is 16.6. The van der Waals surface area contributed by atoms with Crippen LogP contribution in [0.1, 0.15) is 17.3 Å². The van der Waals surface area contributed by atoms with E-state index in [1.165, 1.54) is 27.7 Å². The number of thioether (sulfide) groups is 1. The first-order valence-corrected chi connectivity index (χ1v) is 9.02. The van der Waals surface area contributed by atoms with E-state index in [-0.39, 0.29) is 16.6 Å². The highest BCUT2D eigenvalue weighted by atomic mass is 35.5. The van der Waals surface area contributed by atoms with Crippen molar-refractivity contribution in [1.29, 1.82) is 0 Å². The molecule has 2 aromatic heterocycles. The first-order valence-electron chi connectivity index (χ1n) is 6.88. The predicted octanol–water partition coefficient (Wildman–Crippen LogP) is 4.01. The SMILES string of the molecule is CC(Sc1nc2sccc2c(=O)n1C)C(=O)c1cccc(Cl)c1. The fourth-order valence-electron chi connectivity index (χ4n) is 2.17. The van der Waals surface area contributed by atoms with E-state index >= 15 is 0 Å². The van der Waals surface area contributed by atoms with Gasteiger partial charge in [0.05, 0.1) is 10.6 Å². The second-order valence-electron chi connectivity index (χ2n) is 5.03. The molecule has 23 heavy (non-hydrogen) atoms. The zero-order valence-electron chi connectivity index (χ0n) is 12.4. The summed E-state index contributed by atoms with van der Waals surface area (Å²) in [7, 11) is 1.67. The Labute approximate surface area is 146 Å². The smallest absolute Gasteiger partial charge is 0.262 e. The monoisotopic (exact) mass is 364 g/mol. The van der Waals surface area contributed by atoms with Gasteiger partial charge in [0.15, 0.2) is 10.9 Å². The van der Waals surface area contributed by atoms with Crippen molar-refractivity contribution in [3.05, 3.63) is 56.7 Å². The molecular formula is C16H13ClN2O2S2. The van der Waals surface area contributed by atoms with Crippen LogP contribution < -0.4 is 5.56 Å². The van der Waals surface area contributed by atoms with Crippen LogP contribution in [0.25, 0.3) is 10.2 Å². The van der Waals surface area contributed by atoms with Gasteiger partial charge in [0.25, 0.3) is 5.56 Å². The van der Waals surface area contributed by atoms with Crippen molar-refractivity contribution in [3.63, 3.8) is 0 Å². The number of carbonyl (C=O) groups excluding carboxylic acids is 1. The van der Waals surface area contributed by atoms with E-state index < -0.39 is 0 Å². The maximum Gasteiger partial charge on any atom is 0.262 e. The molecule has 0 amide bonds. The first kappa shape index (κ1) is 16.2. The van der Waals surface area contributed by atoms with Crippen molar-refractivity contribution in [3.8, 4) is 0 Å². The molecule has 0 N–H and O–H groups in total. The van der Waals surface area contributed by atoms with Gasteiger partial charge < -0.3 is 0 Å². The molecular weight excluding hydrogens is 352 g/mol. The second-order valence-corrected chi connectivity index (χ2v) is 7.67. The molecule has 0 spiro atoms. The van der Waals surface area contributed by atoms with Crippen LogP contribution in [0.15, 0.2) is 45.7 Å². The first-order chi connectivity index (χ1) is 11.0. The predicted molar refractivity (Wildman–Crippen MR) is 96.0 cm³/mol. The Morgan fingerprint density at radius 3 is 2.91 bits per heavy atom. The summed E-state index contributed by atoms with van der Waals surface area (Å²) in [5.74, 6) is -0.0435. The Kier molecular flexibility index (Phi) is 4.57. The minimum absolute atomic E-state index is 0.0435. The van der Waals surface area contributed by atoms with Crippen LogP contribution >= 0.6 is 34.7 Å². The van der Waals surface area contributed by atoms with Gasteiger partial charge >= 0.3 is 0 Å². The molecule has 0 bridgehead atoms. The standard InChI is InChI=1S/C16H13ClN2O2S2/c1-9(13(20)10-4-3-5-11(17)8-10)23-16-18-14-12(6-7-22-14)15(21)19(16)2/h3-9H,1-2H3. The number of hydrogen-bond donors (Lipinski definition) is 0. The minimum Gasteiger partial charge on any atom is -0.293 e. The number of thiophene rings is 1. The molecule has 3 rings (SSSR count). The Balaban J connectivity index is 1.91. The number of fused-ring (bicyclic) bond motifs is 1. The molecule has 1 atom stereocenters. The molecule has 0 saturated heterocycles. The van der Waals surface area contributed by atoms with Crippen molar-refractivity contribution in [2.45, 2.75) is 17.3 Å². The highest BCUT2D eigenvalue weighted by Gasteiger charge is 2.20. The minimum atomic E-state index is -0.371. The van der Waals surface area contributed by atoms with Gasteiger partial charge in [-0.05, 0) is 30.5 Å². The van der Waals surface area contributed by atoms with Crippen LogP contribution in [-0.4, -0.2) is 20.6 Å². The lowest BCUT2D eigenvalue weighted by molar-refractivity contribution is 0.0994. The van der Waals surface area contributed by atoms with Gasteiger partial charge in [0.2, 0.25) is 0 Å². The molecule has 0 fully saturated rings. The van der Waals surface area contributed by atoms with E-state index in [0.29, 0.717) is 26.0 Å². The summed E-state index contributed by atoms with van der Waals surface area (Å²) in [6.07, 6.45) is 0. The Morgan fingerprint density at radius 2 is 2.17 bits per heavy atom. The van der Waals surface area contributed by atoms with Crippen LogP contribution in [0, 0.1) is 0 Å². The van der Waals surface area contributed by atoms with Crippen molar-refractivity contribution in [2.75, 3.05) is 0 Å². The number of benzene rings is 1. The molecule has 0 aliphatic carbocycles. The summed E-state index contributed by atoms with van der Waals surface area (Å²) in [6, 6.07) is 8.63. The van der Waals surface area contributed by atoms with Gasteiger partial charge in [0, 0.05) is 17.6 Å². The Bertz CT molecular complexity index is 949. The molecule has 1 aromatic carbocycles. The lowest BCUT2D eigenvalue weighted by Gasteiger charge is -2.12. The van der Waals surface area contributed by atoms with Gasteiger partial charge in [-0.15, -0.1) is 11.3 Å². The average Bonchev–Trinajstić information content (AvgIpc) is 3.00. The molecule has 4 nitrogen and oxygen atoms in total. The highest BCUT2D eigenvalue weighted by molar-refractivity contribution is 8.00. The maximum absolute atomic E-state index is 12.5. The number of aromatic nitrogens is 2. The third kappa shape index (κ3) is 3.20. The summed E-state index contributed by atoms with van der Waals surface area (Å²) in [5, 5.41) is 3.14. The molecule has 1 unspecified atom stereocenters. The van der Waals surface area contributed by atoms with Crippen LogP contribution in [0.5, 0.6) is 0 Å². The van der Waals surface area contributed by atoms with E-state index in [4.69, 9.17) is 11.6 Å². The number of carbonyl (C=O) groups is 1. The van der Waals surface area contributed by atoms with E-state index in [2.05, 4.69) is 4.98 Å². The van der Waals surface area contributed by atoms with Crippen molar-refractivity contribution >= 4 is 50.7 Å². The number of hydrogen-bond acceptors (Lipinski definition) is 5. The third-order valence-corrected chi connectivity index (χ3v) is 5.61. The van der Waals surface area contributed by atoms with Gasteiger partial charge in [0.1, 0.15) is 4.83 Å². The van der Waals surface area contributed by atoms with Crippen molar-refractivity contribution in [2.24, 2.45) is 7.05 Å². The number of rotatable bonds is 4. The number of Topliss-reactive ketones (excluding diaryl/α,β-unsaturated/α-hetero) is 1. The molecule has 0 saturated carbocycles. The highest BCUT2D eigenvalue weighted by Crippen LogP contribution is 2.26. The Morgan fingerprint density at radius 1 is 1.39 bits per heavy atom. The normalized spacial score (nSPS) is 12.5. The Hall–Kier alpha value is -1.63. The zero-order valence-corrected chi connectivity index (χ0v) is 14.8. The topological polar surface area (TPSA) is 52.0 Å². The van der Waals surface area contributed by atoms with Gasteiger partial charge in [-0.25, -0.2) is 4.98 Å². The maximum atomic E-state index is 12.5. The van der Waals surface area contributed by atoms with Crippen LogP contribution in [0.3, 0.4) is 0 Å². The molecule has 7 heteroatoms. The summed E-state index contributed by atoms with van der Waals surface area (Å²) in [5.41, 5.74) is 0.459. The number of nitrogens with zero attached hydrogens (tertiary/aromatic N) is 2. The molecule has 0 aliphatic rings. The molecule has 118 valence electrons. The van der Waals surface area contributed by atoms with E-state index in [1.807, 2.05) is 5.38 Å². The number of ketones is 1. The van der Waals surface area contributed by atoms with E-state index in [1.54, 1.807) is 44.3 Å². The molecule has 0 aliphatic heterocycles. The van der Waals surface area contributed by atoms with Crippen molar-refractivity contribution < 1.29 is 4.79 Å². The summed E-state index contributed by atoms with van der Waals surface area (Å²) in [4.78, 5) is 30.0. The van der Waals surface area contributed by atoms with Gasteiger partial charge in [-0.1, -0.05) is 35.5 Å². The van der Waals surface area contributed by atoms with E-state index in [9.17, 15) is 9.59 Å². The van der Waals surface area contributed by atoms with Crippen LogP contribution in [0.2, 0.25) is 5.02 Å². The third-order valence-electron chi connectivity index (χ3n) is 3.42. The van der Waals surface area contributed by atoms with Crippen molar-refractivity contribution in [1.82, 2.24) is 9.55 Å². The largest absolute Gasteiger partial charge is 0.293 e. The van der Waals surface area contributed by atoms with Crippen LogP contribution in [0.4, 0.5) is 0 Å². The molecule has 0 radical (unpaired) electrons. The number of halogens is 1. The van der Waals surface area contributed by atoms with Gasteiger partial charge in [-0.2, -0.15) is 0 Å². The molecule has 2 heterocycles. The summed E-state index contributed by atoms with van der Waals surface area (Å²) in [6.45, 7) is 1.80. The lowest BCUT2D eigenvalue weighted by Crippen LogP contribution is -2.21. The summed E-state index contributed by atoms with van der Waals surface area (Å²) < 4.78 is 1.49. The average molecular weight is 365 g/mol.